The highest BCUT2D eigenvalue weighted by Crippen LogP contribution is 2.36. The summed E-state index contributed by atoms with van der Waals surface area (Å²) in [5.74, 6) is -0.557. The van der Waals surface area contributed by atoms with Gasteiger partial charge in [0.1, 0.15) is 0 Å². The van der Waals surface area contributed by atoms with Crippen molar-refractivity contribution in [2.45, 2.75) is 25.2 Å². The number of thioether (sulfide) groups is 1. The third-order valence-electron chi connectivity index (χ3n) is 3.67. The van der Waals surface area contributed by atoms with E-state index in [0.29, 0.717) is 11.6 Å². The topological polar surface area (TPSA) is 55.4 Å². The largest absolute Gasteiger partial charge is 0.452 e. The minimum atomic E-state index is -0.797. The number of likely N-dealkylation sites (N-methyl/N-ethyl adjacent to an activating group) is 1. The molecule has 0 aliphatic carbocycles. The fourth-order valence-corrected chi connectivity index (χ4v) is 3.60. The van der Waals surface area contributed by atoms with Gasteiger partial charge < -0.3 is 10.1 Å². The molecule has 0 heterocycles. The minimum Gasteiger partial charge on any atom is -0.452 e. The van der Waals surface area contributed by atoms with Gasteiger partial charge in [-0.25, -0.2) is 0 Å². The van der Waals surface area contributed by atoms with Crippen LogP contribution in [0.2, 0.25) is 5.02 Å². The molecule has 0 fully saturated rings. The standard InChI is InChI=1S/C20H22ClNO3S/c1-3-22-20(24)14(2)25-18(23)13-26-19(15-7-5-4-6-8-15)16-9-11-17(21)12-10-16/h4-12,14,19H,3,13H2,1-2H3,(H,22,24)/t14-,19+/m0/s1. The molecule has 6 heteroatoms. The molecule has 0 aromatic heterocycles. The zero-order valence-corrected chi connectivity index (χ0v) is 16.3. The van der Waals surface area contributed by atoms with Crippen molar-refractivity contribution < 1.29 is 14.3 Å². The van der Waals surface area contributed by atoms with E-state index in [0.717, 1.165) is 11.1 Å². The lowest BCUT2D eigenvalue weighted by atomic mass is 10.0. The van der Waals surface area contributed by atoms with Crippen LogP contribution in [0.3, 0.4) is 0 Å². The Balaban J connectivity index is 2.04. The molecule has 0 saturated heterocycles. The number of ether oxygens (including phenoxy) is 1. The van der Waals surface area contributed by atoms with Crippen LogP contribution >= 0.6 is 23.4 Å². The van der Waals surface area contributed by atoms with Crippen molar-refractivity contribution in [2.24, 2.45) is 0 Å². The van der Waals surface area contributed by atoms with Crippen molar-refractivity contribution in [1.82, 2.24) is 5.32 Å². The summed E-state index contributed by atoms with van der Waals surface area (Å²) in [5, 5.41) is 3.28. The molecule has 2 atom stereocenters. The highest BCUT2D eigenvalue weighted by atomic mass is 35.5. The molecule has 0 aliphatic rings. The van der Waals surface area contributed by atoms with Crippen LogP contribution in [0, 0.1) is 0 Å². The van der Waals surface area contributed by atoms with Gasteiger partial charge >= 0.3 is 5.97 Å². The van der Waals surface area contributed by atoms with E-state index in [1.165, 1.54) is 11.8 Å². The Labute approximate surface area is 163 Å². The van der Waals surface area contributed by atoms with Crippen LogP contribution in [0.15, 0.2) is 54.6 Å². The van der Waals surface area contributed by atoms with Gasteiger partial charge in [0.25, 0.3) is 5.91 Å². The maximum Gasteiger partial charge on any atom is 0.316 e. The second kappa shape index (κ2) is 10.2. The quantitative estimate of drug-likeness (QED) is 0.684. The third-order valence-corrected chi connectivity index (χ3v) is 5.20. The lowest BCUT2D eigenvalue weighted by Crippen LogP contribution is -2.36. The second-order valence-corrected chi connectivity index (χ2v) is 7.21. The van der Waals surface area contributed by atoms with Crippen molar-refractivity contribution in [1.29, 1.82) is 0 Å². The molecule has 4 nitrogen and oxygen atoms in total. The van der Waals surface area contributed by atoms with E-state index in [2.05, 4.69) is 5.32 Å². The summed E-state index contributed by atoms with van der Waals surface area (Å²) < 4.78 is 5.21. The van der Waals surface area contributed by atoms with Crippen molar-refractivity contribution in [3.8, 4) is 0 Å². The van der Waals surface area contributed by atoms with Gasteiger partial charge in [0.05, 0.1) is 11.0 Å². The van der Waals surface area contributed by atoms with E-state index in [1.54, 1.807) is 6.92 Å². The summed E-state index contributed by atoms with van der Waals surface area (Å²) in [5.41, 5.74) is 2.14. The normalized spacial score (nSPS) is 12.9. The summed E-state index contributed by atoms with van der Waals surface area (Å²) in [6.45, 7) is 3.89. The number of rotatable bonds is 8. The van der Waals surface area contributed by atoms with Crippen LogP contribution in [0.1, 0.15) is 30.2 Å². The first-order chi connectivity index (χ1) is 12.5. The van der Waals surface area contributed by atoms with E-state index in [9.17, 15) is 9.59 Å². The van der Waals surface area contributed by atoms with E-state index < -0.39 is 12.1 Å². The number of benzene rings is 2. The molecule has 2 aromatic rings. The molecule has 0 radical (unpaired) electrons. The molecule has 0 saturated carbocycles. The number of hydrogen-bond acceptors (Lipinski definition) is 4. The zero-order valence-electron chi connectivity index (χ0n) is 14.8. The molecule has 2 aromatic carbocycles. The van der Waals surface area contributed by atoms with Crippen molar-refractivity contribution in [3.05, 3.63) is 70.7 Å². The Hall–Kier alpha value is -1.98. The van der Waals surface area contributed by atoms with Crippen molar-refractivity contribution in [2.75, 3.05) is 12.3 Å². The van der Waals surface area contributed by atoms with Crippen LogP contribution in [0.5, 0.6) is 0 Å². The monoisotopic (exact) mass is 391 g/mol. The highest BCUT2D eigenvalue weighted by Gasteiger charge is 2.20. The Bertz CT molecular complexity index is 722. The maximum atomic E-state index is 12.1. The lowest BCUT2D eigenvalue weighted by Gasteiger charge is -2.18. The van der Waals surface area contributed by atoms with Crippen molar-refractivity contribution in [3.63, 3.8) is 0 Å². The smallest absolute Gasteiger partial charge is 0.316 e. The molecule has 1 N–H and O–H groups in total. The van der Waals surface area contributed by atoms with Gasteiger partial charge in [-0.15, -0.1) is 11.8 Å². The summed E-state index contributed by atoms with van der Waals surface area (Å²) in [7, 11) is 0. The average Bonchev–Trinajstić information content (AvgIpc) is 2.64. The number of hydrogen-bond donors (Lipinski definition) is 1. The van der Waals surface area contributed by atoms with Gasteiger partial charge in [-0.1, -0.05) is 54.1 Å². The van der Waals surface area contributed by atoms with E-state index in [1.807, 2.05) is 61.5 Å². The Morgan fingerprint density at radius 1 is 1.08 bits per heavy atom. The van der Waals surface area contributed by atoms with Gasteiger partial charge in [0.2, 0.25) is 0 Å². The molecule has 1 amide bonds. The van der Waals surface area contributed by atoms with E-state index >= 15 is 0 Å². The second-order valence-electron chi connectivity index (χ2n) is 5.68. The third kappa shape index (κ3) is 6.07. The molecule has 0 spiro atoms. The molecule has 2 rings (SSSR count). The summed E-state index contributed by atoms with van der Waals surface area (Å²) >= 11 is 7.44. The Kier molecular flexibility index (Phi) is 8.01. The lowest BCUT2D eigenvalue weighted by molar-refractivity contribution is -0.152. The number of carbonyl (C=O) groups is 2. The molecule has 138 valence electrons. The maximum absolute atomic E-state index is 12.1. The van der Waals surface area contributed by atoms with Gasteiger partial charge in [0.15, 0.2) is 6.10 Å². The van der Waals surface area contributed by atoms with Gasteiger partial charge in [-0.3, -0.25) is 9.59 Å². The molecule has 0 bridgehead atoms. The van der Waals surface area contributed by atoms with Crippen LogP contribution in [-0.2, 0) is 14.3 Å². The molecular formula is C20H22ClNO3S. The Morgan fingerprint density at radius 2 is 1.69 bits per heavy atom. The number of nitrogens with one attached hydrogen (secondary N) is 1. The predicted octanol–water partition coefficient (Wildman–Crippen LogP) is 4.23. The van der Waals surface area contributed by atoms with Gasteiger partial charge in [0, 0.05) is 11.6 Å². The first-order valence-electron chi connectivity index (χ1n) is 8.40. The zero-order chi connectivity index (χ0) is 18.9. The van der Waals surface area contributed by atoms with Crippen LogP contribution in [-0.4, -0.2) is 30.3 Å². The SMILES string of the molecule is CCNC(=O)[C@H](C)OC(=O)CS[C@H](c1ccccc1)c1ccc(Cl)cc1. The van der Waals surface area contributed by atoms with E-state index in [4.69, 9.17) is 16.3 Å². The first kappa shape index (κ1) is 20.3. The number of amides is 1. The highest BCUT2D eigenvalue weighted by molar-refractivity contribution is 8.00. The Morgan fingerprint density at radius 3 is 2.31 bits per heavy atom. The van der Waals surface area contributed by atoms with Crippen LogP contribution < -0.4 is 5.32 Å². The summed E-state index contributed by atoms with van der Waals surface area (Å²) in [6, 6.07) is 17.5. The minimum absolute atomic E-state index is 0.0270. The number of carbonyl (C=O) groups excluding carboxylic acids is 2. The predicted molar refractivity (Wildman–Crippen MR) is 106 cm³/mol. The van der Waals surface area contributed by atoms with Crippen molar-refractivity contribution >= 4 is 35.2 Å². The molecule has 0 unspecified atom stereocenters. The summed E-state index contributed by atoms with van der Waals surface area (Å²) in [6.07, 6.45) is -0.797. The van der Waals surface area contributed by atoms with E-state index in [-0.39, 0.29) is 16.9 Å². The average molecular weight is 392 g/mol. The fourth-order valence-electron chi connectivity index (χ4n) is 2.40. The number of esters is 1. The van der Waals surface area contributed by atoms with Crippen LogP contribution in [0.25, 0.3) is 0 Å². The van der Waals surface area contributed by atoms with Gasteiger partial charge in [-0.2, -0.15) is 0 Å². The van der Waals surface area contributed by atoms with Crippen LogP contribution in [0.4, 0.5) is 0 Å². The molecular weight excluding hydrogens is 370 g/mol. The number of halogens is 1. The molecule has 0 aliphatic heterocycles. The molecule has 26 heavy (non-hydrogen) atoms. The fraction of sp³-hybridized carbons (Fsp3) is 0.300. The first-order valence-corrected chi connectivity index (χ1v) is 9.83. The summed E-state index contributed by atoms with van der Waals surface area (Å²) in [4.78, 5) is 23.8. The van der Waals surface area contributed by atoms with Gasteiger partial charge in [-0.05, 0) is 37.1 Å².